The summed E-state index contributed by atoms with van der Waals surface area (Å²) in [6, 6.07) is 3.30. The van der Waals surface area contributed by atoms with E-state index in [1.54, 1.807) is 16.4 Å². The number of nitrogens with zero attached hydrogens (tertiary/aromatic N) is 5. The Morgan fingerprint density at radius 3 is 2.46 bits per heavy atom. The molecule has 0 saturated carbocycles. The fourth-order valence-electron chi connectivity index (χ4n) is 3.09. The molecule has 2 aromatic rings. The summed E-state index contributed by atoms with van der Waals surface area (Å²) in [5, 5.41) is 11.6. The number of pyridine rings is 1. The second-order valence-electron chi connectivity index (χ2n) is 6.89. The summed E-state index contributed by atoms with van der Waals surface area (Å²) in [6.07, 6.45) is 4.35. The summed E-state index contributed by atoms with van der Waals surface area (Å²) in [6.45, 7) is 5.80. The SMILES string of the molecule is CC(C)c1nnc(CNc2ccc(S(=O)(=O)N3CCCCC3)cn2)n1C. The van der Waals surface area contributed by atoms with E-state index in [0.29, 0.717) is 31.4 Å². The van der Waals surface area contributed by atoms with Crippen LogP contribution in [0.1, 0.15) is 50.7 Å². The molecule has 0 spiro atoms. The van der Waals surface area contributed by atoms with Gasteiger partial charge in [-0.1, -0.05) is 20.3 Å². The normalized spacial score (nSPS) is 16.2. The number of aromatic nitrogens is 4. The molecule has 1 aliphatic heterocycles. The first kappa shape index (κ1) is 18.8. The highest BCUT2D eigenvalue weighted by atomic mass is 32.2. The molecule has 1 aliphatic rings. The molecule has 2 aromatic heterocycles. The van der Waals surface area contributed by atoms with Gasteiger partial charge >= 0.3 is 0 Å². The maximum absolute atomic E-state index is 12.6. The number of hydrogen-bond donors (Lipinski definition) is 1. The number of rotatable bonds is 6. The Kier molecular flexibility index (Phi) is 5.57. The van der Waals surface area contributed by atoms with Gasteiger partial charge in [-0.25, -0.2) is 13.4 Å². The molecule has 142 valence electrons. The number of nitrogens with one attached hydrogen (secondary N) is 1. The Morgan fingerprint density at radius 2 is 1.88 bits per heavy atom. The zero-order valence-electron chi connectivity index (χ0n) is 15.5. The third-order valence-electron chi connectivity index (χ3n) is 4.63. The minimum absolute atomic E-state index is 0.241. The van der Waals surface area contributed by atoms with E-state index in [4.69, 9.17) is 0 Å². The first-order chi connectivity index (χ1) is 12.4. The largest absolute Gasteiger partial charge is 0.363 e. The summed E-state index contributed by atoms with van der Waals surface area (Å²) in [5.41, 5.74) is 0. The van der Waals surface area contributed by atoms with Crippen LogP contribution < -0.4 is 5.32 Å². The summed E-state index contributed by atoms with van der Waals surface area (Å²) in [4.78, 5) is 4.49. The van der Waals surface area contributed by atoms with Crippen LogP contribution in [0.3, 0.4) is 0 Å². The van der Waals surface area contributed by atoms with E-state index in [0.717, 1.165) is 30.9 Å². The molecule has 0 radical (unpaired) electrons. The molecule has 1 fully saturated rings. The lowest BCUT2D eigenvalue weighted by atomic mass is 10.2. The highest BCUT2D eigenvalue weighted by Gasteiger charge is 2.26. The molecule has 0 bridgehead atoms. The molecule has 1 saturated heterocycles. The van der Waals surface area contributed by atoms with Crippen molar-refractivity contribution in [3.8, 4) is 0 Å². The second-order valence-corrected chi connectivity index (χ2v) is 8.82. The maximum Gasteiger partial charge on any atom is 0.244 e. The minimum Gasteiger partial charge on any atom is -0.363 e. The van der Waals surface area contributed by atoms with Gasteiger partial charge in [-0.2, -0.15) is 4.31 Å². The Balaban J connectivity index is 1.66. The fourth-order valence-corrected chi connectivity index (χ4v) is 4.56. The molecule has 26 heavy (non-hydrogen) atoms. The second kappa shape index (κ2) is 7.71. The van der Waals surface area contributed by atoms with Crippen LogP contribution in [0.4, 0.5) is 5.82 Å². The number of anilines is 1. The van der Waals surface area contributed by atoms with Gasteiger partial charge in [0.1, 0.15) is 16.5 Å². The molecule has 0 amide bonds. The lowest BCUT2D eigenvalue weighted by molar-refractivity contribution is 0.346. The van der Waals surface area contributed by atoms with E-state index in [-0.39, 0.29) is 4.90 Å². The zero-order valence-corrected chi connectivity index (χ0v) is 16.3. The molecular formula is C17H26N6O2S. The van der Waals surface area contributed by atoms with Gasteiger partial charge < -0.3 is 9.88 Å². The fraction of sp³-hybridized carbons (Fsp3) is 0.588. The molecule has 1 N–H and O–H groups in total. The lowest BCUT2D eigenvalue weighted by Gasteiger charge is -2.25. The van der Waals surface area contributed by atoms with Crippen molar-refractivity contribution in [3.05, 3.63) is 30.0 Å². The van der Waals surface area contributed by atoms with Crippen molar-refractivity contribution in [2.45, 2.75) is 50.5 Å². The third-order valence-corrected chi connectivity index (χ3v) is 6.51. The van der Waals surface area contributed by atoms with Gasteiger partial charge in [-0.15, -0.1) is 10.2 Å². The van der Waals surface area contributed by atoms with Gasteiger partial charge in [-0.3, -0.25) is 0 Å². The first-order valence-corrected chi connectivity index (χ1v) is 10.4. The van der Waals surface area contributed by atoms with Crippen LogP contribution in [-0.4, -0.2) is 45.6 Å². The summed E-state index contributed by atoms with van der Waals surface area (Å²) >= 11 is 0. The van der Waals surface area contributed by atoms with Crippen molar-refractivity contribution in [2.75, 3.05) is 18.4 Å². The van der Waals surface area contributed by atoms with Gasteiger partial charge in [0, 0.05) is 32.3 Å². The quantitative estimate of drug-likeness (QED) is 0.828. The van der Waals surface area contributed by atoms with Crippen LogP contribution in [0.2, 0.25) is 0 Å². The van der Waals surface area contributed by atoms with Crippen molar-refractivity contribution < 1.29 is 8.42 Å². The third kappa shape index (κ3) is 3.88. The van der Waals surface area contributed by atoms with Crippen LogP contribution in [-0.2, 0) is 23.6 Å². The van der Waals surface area contributed by atoms with Crippen LogP contribution in [0, 0.1) is 0 Å². The monoisotopic (exact) mass is 378 g/mol. The molecule has 3 rings (SSSR count). The van der Waals surface area contributed by atoms with Crippen LogP contribution >= 0.6 is 0 Å². The van der Waals surface area contributed by atoms with Crippen LogP contribution in [0.5, 0.6) is 0 Å². The lowest BCUT2D eigenvalue weighted by Crippen LogP contribution is -2.35. The average molecular weight is 379 g/mol. The summed E-state index contributed by atoms with van der Waals surface area (Å²) in [5.74, 6) is 2.65. The molecule has 8 nitrogen and oxygen atoms in total. The smallest absolute Gasteiger partial charge is 0.244 e. The number of piperidine rings is 1. The molecule has 0 unspecified atom stereocenters. The number of hydrogen-bond acceptors (Lipinski definition) is 6. The Labute approximate surface area is 154 Å². The maximum atomic E-state index is 12.6. The van der Waals surface area contributed by atoms with E-state index in [9.17, 15) is 8.42 Å². The highest BCUT2D eigenvalue weighted by molar-refractivity contribution is 7.89. The van der Waals surface area contributed by atoms with E-state index in [1.165, 1.54) is 6.20 Å². The Hall–Kier alpha value is -2.00. The number of sulfonamides is 1. The van der Waals surface area contributed by atoms with Gasteiger partial charge in [-0.05, 0) is 25.0 Å². The van der Waals surface area contributed by atoms with Gasteiger partial charge in [0.25, 0.3) is 0 Å². The van der Waals surface area contributed by atoms with Crippen molar-refractivity contribution >= 4 is 15.8 Å². The molecule has 0 atom stereocenters. The first-order valence-electron chi connectivity index (χ1n) is 8.98. The minimum atomic E-state index is -3.44. The van der Waals surface area contributed by atoms with Crippen LogP contribution in [0.25, 0.3) is 0 Å². The predicted molar refractivity (Wildman–Crippen MR) is 99.3 cm³/mol. The molecular weight excluding hydrogens is 352 g/mol. The van der Waals surface area contributed by atoms with Gasteiger partial charge in [0.15, 0.2) is 5.82 Å². The summed E-state index contributed by atoms with van der Waals surface area (Å²) < 4.78 is 28.8. The highest BCUT2D eigenvalue weighted by Crippen LogP contribution is 2.21. The van der Waals surface area contributed by atoms with E-state index in [2.05, 4.69) is 34.3 Å². The van der Waals surface area contributed by atoms with Gasteiger partial charge in [0.05, 0.1) is 6.54 Å². The molecule has 0 aromatic carbocycles. The molecule has 9 heteroatoms. The summed E-state index contributed by atoms with van der Waals surface area (Å²) in [7, 11) is -1.50. The van der Waals surface area contributed by atoms with Crippen molar-refractivity contribution in [1.29, 1.82) is 0 Å². The van der Waals surface area contributed by atoms with E-state index >= 15 is 0 Å². The molecule has 0 aliphatic carbocycles. The zero-order chi connectivity index (χ0) is 18.7. The van der Waals surface area contributed by atoms with Crippen molar-refractivity contribution in [1.82, 2.24) is 24.1 Å². The van der Waals surface area contributed by atoms with Gasteiger partial charge in [0.2, 0.25) is 10.0 Å². The van der Waals surface area contributed by atoms with E-state index in [1.807, 2.05) is 11.6 Å². The topological polar surface area (TPSA) is 93.0 Å². The average Bonchev–Trinajstić information content (AvgIpc) is 3.02. The van der Waals surface area contributed by atoms with Crippen LogP contribution in [0.15, 0.2) is 23.2 Å². The standard InChI is InChI=1S/C17H26N6O2S/c1-13(2)17-21-20-16(22(17)3)12-19-15-8-7-14(11-18-15)26(24,25)23-9-5-4-6-10-23/h7-8,11,13H,4-6,9-10,12H2,1-3H3,(H,18,19). The predicted octanol–water partition coefficient (Wildman–Crippen LogP) is 2.12. The van der Waals surface area contributed by atoms with Crippen molar-refractivity contribution in [3.63, 3.8) is 0 Å². The molecule has 3 heterocycles. The Bertz CT molecular complexity index is 839. The Morgan fingerprint density at radius 1 is 1.15 bits per heavy atom. The van der Waals surface area contributed by atoms with E-state index < -0.39 is 10.0 Å². The van der Waals surface area contributed by atoms with Crippen molar-refractivity contribution in [2.24, 2.45) is 7.05 Å².